The van der Waals surface area contributed by atoms with Gasteiger partial charge in [-0.15, -0.1) is 0 Å². The Balaban J connectivity index is 1.75. The summed E-state index contributed by atoms with van der Waals surface area (Å²) in [5, 5.41) is 5.67. The molecule has 0 bridgehead atoms. The van der Waals surface area contributed by atoms with Crippen LogP contribution in [0.4, 0.5) is 14.5 Å². The summed E-state index contributed by atoms with van der Waals surface area (Å²) < 4.78 is 32.0. The minimum absolute atomic E-state index is 0.00409. The first-order valence-electron chi connectivity index (χ1n) is 8.77. The standard InChI is InChI=1S/C20H21F2N3O2/c1-13-4-7-15(8-5-13)24-20(23-12-16-3-2-10-27-16)25-19(26)14-6-9-17(21)18(22)11-14/h4-9,11,16H,2-3,10,12H2,1H3,(H2,23,24,25,26)/t16-/m0/s1. The molecule has 1 amide bonds. The summed E-state index contributed by atoms with van der Waals surface area (Å²) in [7, 11) is 0. The second-order valence-corrected chi connectivity index (χ2v) is 6.40. The van der Waals surface area contributed by atoms with Crippen molar-refractivity contribution in [3.8, 4) is 0 Å². The lowest BCUT2D eigenvalue weighted by molar-refractivity contribution is 0.0975. The number of hydrogen-bond donors (Lipinski definition) is 2. The van der Waals surface area contributed by atoms with E-state index < -0.39 is 17.5 Å². The SMILES string of the molecule is Cc1ccc(NC(=NC[C@@H]2CCCO2)NC(=O)c2ccc(F)c(F)c2)cc1. The Morgan fingerprint density at radius 1 is 1.19 bits per heavy atom. The molecule has 5 nitrogen and oxygen atoms in total. The summed E-state index contributed by atoms with van der Waals surface area (Å²) in [6, 6.07) is 10.6. The molecule has 0 saturated carbocycles. The van der Waals surface area contributed by atoms with Crippen molar-refractivity contribution in [2.75, 3.05) is 18.5 Å². The number of halogens is 2. The van der Waals surface area contributed by atoms with Gasteiger partial charge in [0.1, 0.15) is 0 Å². The number of nitrogens with one attached hydrogen (secondary N) is 2. The molecule has 2 N–H and O–H groups in total. The highest BCUT2D eigenvalue weighted by Crippen LogP contribution is 2.13. The van der Waals surface area contributed by atoms with Gasteiger partial charge in [0, 0.05) is 17.9 Å². The van der Waals surface area contributed by atoms with Crippen molar-refractivity contribution in [3.05, 3.63) is 65.2 Å². The average Bonchev–Trinajstić information content (AvgIpc) is 3.17. The zero-order valence-electron chi connectivity index (χ0n) is 15.0. The van der Waals surface area contributed by atoms with Gasteiger partial charge in [0.15, 0.2) is 11.6 Å². The molecule has 7 heteroatoms. The average molecular weight is 373 g/mol. The smallest absolute Gasteiger partial charge is 0.258 e. The highest BCUT2D eigenvalue weighted by atomic mass is 19.2. The summed E-state index contributed by atoms with van der Waals surface area (Å²) >= 11 is 0. The van der Waals surface area contributed by atoms with Crippen molar-refractivity contribution < 1.29 is 18.3 Å². The Hall–Kier alpha value is -2.80. The maximum atomic E-state index is 13.4. The zero-order valence-corrected chi connectivity index (χ0v) is 15.0. The predicted molar refractivity (Wildman–Crippen MR) is 99.9 cm³/mol. The first-order chi connectivity index (χ1) is 13.0. The van der Waals surface area contributed by atoms with Gasteiger partial charge < -0.3 is 10.1 Å². The van der Waals surface area contributed by atoms with Crippen molar-refractivity contribution in [2.24, 2.45) is 4.99 Å². The highest BCUT2D eigenvalue weighted by Gasteiger charge is 2.16. The van der Waals surface area contributed by atoms with Gasteiger partial charge in [-0.05, 0) is 50.1 Å². The lowest BCUT2D eigenvalue weighted by Gasteiger charge is -2.13. The Kier molecular flexibility index (Phi) is 6.13. The second kappa shape index (κ2) is 8.73. The van der Waals surface area contributed by atoms with Crippen LogP contribution in [0.2, 0.25) is 0 Å². The number of aliphatic imine (C=N–C) groups is 1. The number of amides is 1. The first kappa shape index (κ1) is 19.0. The maximum Gasteiger partial charge on any atom is 0.258 e. The number of hydrogen-bond acceptors (Lipinski definition) is 3. The quantitative estimate of drug-likeness (QED) is 0.635. The molecule has 1 fully saturated rings. The Morgan fingerprint density at radius 2 is 1.96 bits per heavy atom. The van der Waals surface area contributed by atoms with E-state index in [1.807, 2.05) is 31.2 Å². The van der Waals surface area contributed by atoms with E-state index in [0.717, 1.165) is 36.2 Å². The molecule has 0 aromatic heterocycles. The molecule has 1 saturated heterocycles. The van der Waals surface area contributed by atoms with Crippen molar-refractivity contribution in [2.45, 2.75) is 25.9 Å². The number of carbonyl (C=O) groups is 1. The van der Waals surface area contributed by atoms with E-state index in [2.05, 4.69) is 15.6 Å². The number of aryl methyl sites for hydroxylation is 1. The molecule has 1 aliphatic rings. The third-order valence-electron chi connectivity index (χ3n) is 4.21. The van der Waals surface area contributed by atoms with E-state index in [1.165, 1.54) is 6.07 Å². The molecule has 142 valence electrons. The number of benzene rings is 2. The van der Waals surface area contributed by atoms with Crippen LogP contribution in [0.1, 0.15) is 28.8 Å². The molecule has 2 aromatic carbocycles. The summed E-state index contributed by atoms with van der Waals surface area (Å²) in [5.74, 6) is -2.44. The highest BCUT2D eigenvalue weighted by molar-refractivity contribution is 6.09. The van der Waals surface area contributed by atoms with Crippen molar-refractivity contribution in [1.29, 1.82) is 0 Å². The summed E-state index contributed by atoms with van der Waals surface area (Å²) in [5.41, 5.74) is 1.85. The van der Waals surface area contributed by atoms with E-state index in [4.69, 9.17) is 4.74 Å². The van der Waals surface area contributed by atoms with Crippen LogP contribution < -0.4 is 10.6 Å². The molecule has 0 radical (unpaired) electrons. The summed E-state index contributed by atoms with van der Waals surface area (Å²) in [6.45, 7) is 3.08. The van der Waals surface area contributed by atoms with Crippen molar-refractivity contribution >= 4 is 17.6 Å². The molecule has 1 heterocycles. The van der Waals surface area contributed by atoms with Crippen LogP contribution in [0.3, 0.4) is 0 Å². The lowest BCUT2D eigenvalue weighted by Crippen LogP contribution is -2.36. The van der Waals surface area contributed by atoms with Crippen LogP contribution in [0.25, 0.3) is 0 Å². The fourth-order valence-electron chi connectivity index (χ4n) is 2.68. The third-order valence-corrected chi connectivity index (χ3v) is 4.21. The van der Waals surface area contributed by atoms with Crippen LogP contribution in [0, 0.1) is 18.6 Å². The minimum atomic E-state index is -1.08. The Labute approximate surface area is 156 Å². The maximum absolute atomic E-state index is 13.4. The number of anilines is 1. The van der Waals surface area contributed by atoms with E-state index in [-0.39, 0.29) is 17.6 Å². The molecule has 1 aliphatic heterocycles. The number of carbonyl (C=O) groups excluding carboxylic acids is 1. The normalized spacial score (nSPS) is 17.0. The molecular formula is C20H21F2N3O2. The van der Waals surface area contributed by atoms with Crippen molar-refractivity contribution in [1.82, 2.24) is 5.32 Å². The van der Waals surface area contributed by atoms with Gasteiger partial charge in [0.25, 0.3) is 5.91 Å². The predicted octanol–water partition coefficient (Wildman–Crippen LogP) is 3.65. The monoisotopic (exact) mass is 373 g/mol. The Bertz CT molecular complexity index is 832. The second-order valence-electron chi connectivity index (χ2n) is 6.40. The number of nitrogens with zero attached hydrogens (tertiary/aromatic N) is 1. The molecule has 1 atom stereocenters. The van der Waals surface area contributed by atoms with Gasteiger partial charge in [-0.1, -0.05) is 17.7 Å². The summed E-state index contributed by atoms with van der Waals surface area (Å²) in [4.78, 5) is 16.8. The number of ether oxygens (including phenoxy) is 1. The van der Waals surface area contributed by atoms with Crippen LogP contribution >= 0.6 is 0 Å². The van der Waals surface area contributed by atoms with E-state index in [0.29, 0.717) is 13.2 Å². The molecule has 3 rings (SSSR count). The number of rotatable bonds is 4. The topological polar surface area (TPSA) is 62.7 Å². The van der Waals surface area contributed by atoms with Gasteiger partial charge in [0.2, 0.25) is 5.96 Å². The fourth-order valence-corrected chi connectivity index (χ4v) is 2.68. The van der Waals surface area contributed by atoms with Crippen molar-refractivity contribution in [3.63, 3.8) is 0 Å². The van der Waals surface area contributed by atoms with Gasteiger partial charge in [-0.2, -0.15) is 0 Å². The van der Waals surface area contributed by atoms with Crippen LogP contribution in [-0.4, -0.2) is 31.1 Å². The minimum Gasteiger partial charge on any atom is -0.376 e. The van der Waals surface area contributed by atoms with Crippen LogP contribution in [0.15, 0.2) is 47.5 Å². The number of guanidine groups is 1. The van der Waals surface area contributed by atoms with Gasteiger partial charge >= 0.3 is 0 Å². The molecule has 0 aliphatic carbocycles. The van der Waals surface area contributed by atoms with Crippen LogP contribution in [-0.2, 0) is 4.74 Å². The molecule has 0 spiro atoms. The third kappa shape index (κ3) is 5.34. The zero-order chi connectivity index (χ0) is 19.2. The van der Waals surface area contributed by atoms with E-state index in [1.54, 1.807) is 0 Å². The van der Waals surface area contributed by atoms with Gasteiger partial charge in [-0.25, -0.2) is 13.8 Å². The van der Waals surface area contributed by atoms with Gasteiger partial charge in [-0.3, -0.25) is 10.1 Å². The van der Waals surface area contributed by atoms with E-state index in [9.17, 15) is 13.6 Å². The Morgan fingerprint density at radius 3 is 2.63 bits per heavy atom. The largest absolute Gasteiger partial charge is 0.376 e. The summed E-state index contributed by atoms with van der Waals surface area (Å²) in [6.07, 6.45) is 1.92. The lowest BCUT2D eigenvalue weighted by atomic mass is 10.2. The first-order valence-corrected chi connectivity index (χ1v) is 8.77. The molecule has 27 heavy (non-hydrogen) atoms. The molecule has 2 aromatic rings. The van der Waals surface area contributed by atoms with Crippen LogP contribution in [0.5, 0.6) is 0 Å². The fraction of sp³-hybridized carbons (Fsp3) is 0.300. The van der Waals surface area contributed by atoms with E-state index >= 15 is 0 Å². The van der Waals surface area contributed by atoms with Gasteiger partial charge in [0.05, 0.1) is 12.6 Å². The molecule has 0 unspecified atom stereocenters. The molecular weight excluding hydrogens is 352 g/mol.